The monoisotopic (exact) mass is 416 g/mol. The molecule has 1 atom stereocenters. The number of halogens is 1. The fourth-order valence-corrected chi connectivity index (χ4v) is 3.48. The molecule has 0 aromatic heterocycles. The van der Waals surface area contributed by atoms with E-state index in [9.17, 15) is 14.3 Å². The number of fused-ring (bicyclic) bond motifs is 1. The van der Waals surface area contributed by atoms with Crippen molar-refractivity contribution < 1.29 is 23.8 Å². The number of benzene rings is 2. The Hall–Kier alpha value is -2.80. The molecule has 0 fully saturated rings. The first-order chi connectivity index (χ1) is 14.4. The van der Waals surface area contributed by atoms with Crippen LogP contribution in [0.1, 0.15) is 25.8 Å². The summed E-state index contributed by atoms with van der Waals surface area (Å²) in [5.41, 5.74) is 2.84. The van der Waals surface area contributed by atoms with Gasteiger partial charge in [-0.1, -0.05) is 12.1 Å². The largest absolute Gasteiger partial charge is 0.489 e. The van der Waals surface area contributed by atoms with Gasteiger partial charge in [0, 0.05) is 31.3 Å². The molecular formula is C23H29FN2O4. The molecule has 1 aliphatic rings. The molecule has 1 heterocycles. The maximum Gasteiger partial charge on any atom is 0.333 e. The van der Waals surface area contributed by atoms with Gasteiger partial charge in [0.25, 0.3) is 0 Å². The van der Waals surface area contributed by atoms with Crippen LogP contribution in [0.25, 0.3) is 0 Å². The lowest BCUT2D eigenvalue weighted by molar-refractivity contribution is -0.153. The first-order valence-corrected chi connectivity index (χ1v) is 10.3. The summed E-state index contributed by atoms with van der Waals surface area (Å²) in [5, 5.41) is 12.7. The molecule has 1 aliphatic heterocycles. The van der Waals surface area contributed by atoms with Gasteiger partial charge in [0.15, 0.2) is 6.10 Å². The predicted molar refractivity (Wildman–Crippen MR) is 115 cm³/mol. The Morgan fingerprint density at radius 1 is 1.27 bits per heavy atom. The van der Waals surface area contributed by atoms with Crippen molar-refractivity contribution in [3.05, 3.63) is 53.8 Å². The number of carboxylic acids is 1. The van der Waals surface area contributed by atoms with E-state index in [1.54, 1.807) is 6.07 Å². The normalized spacial score (nSPS) is 14.2. The van der Waals surface area contributed by atoms with Crippen molar-refractivity contribution in [2.75, 3.05) is 36.5 Å². The molecule has 2 aromatic carbocycles. The molecule has 6 nitrogen and oxygen atoms in total. The van der Waals surface area contributed by atoms with Crippen molar-refractivity contribution in [2.45, 2.75) is 38.9 Å². The number of rotatable bonds is 10. The smallest absolute Gasteiger partial charge is 0.333 e. The summed E-state index contributed by atoms with van der Waals surface area (Å²) in [7, 11) is 0. The molecule has 0 saturated heterocycles. The molecule has 2 N–H and O–H groups in total. The fraction of sp³-hybridized carbons (Fsp3) is 0.435. The van der Waals surface area contributed by atoms with Gasteiger partial charge in [-0.05, 0) is 50.1 Å². The number of hydrogen-bond donors (Lipinski definition) is 2. The van der Waals surface area contributed by atoms with E-state index in [1.165, 1.54) is 12.1 Å². The standard InChI is InChI=1S/C23H29FN2O4/c1-16(2)30-22(23(27)28)14-17-4-7-19(8-5-17)25-10-3-11-26-12-13-29-21-15-18(24)6-9-20(21)26/h4-9,15-16,22,25H,3,10-14H2,1-2H3,(H,27,28). The quantitative estimate of drug-likeness (QED) is 0.572. The molecule has 0 amide bonds. The molecule has 1 unspecified atom stereocenters. The van der Waals surface area contributed by atoms with Gasteiger partial charge in [-0.25, -0.2) is 9.18 Å². The van der Waals surface area contributed by atoms with Gasteiger partial charge in [-0.3, -0.25) is 0 Å². The Bertz CT molecular complexity index is 842. The van der Waals surface area contributed by atoms with Gasteiger partial charge in [-0.2, -0.15) is 0 Å². The first kappa shape index (κ1) is 21.9. The molecule has 0 aliphatic carbocycles. The molecule has 7 heteroatoms. The lowest BCUT2D eigenvalue weighted by Crippen LogP contribution is -2.34. The van der Waals surface area contributed by atoms with Crippen LogP contribution < -0.4 is 15.0 Å². The third-order valence-corrected chi connectivity index (χ3v) is 4.90. The number of aliphatic carboxylic acids is 1. The zero-order valence-corrected chi connectivity index (χ0v) is 17.4. The summed E-state index contributed by atoms with van der Waals surface area (Å²) >= 11 is 0. The molecule has 30 heavy (non-hydrogen) atoms. The molecular weight excluding hydrogens is 387 g/mol. The third kappa shape index (κ3) is 6.10. The van der Waals surface area contributed by atoms with Crippen molar-refractivity contribution in [2.24, 2.45) is 0 Å². The van der Waals surface area contributed by atoms with Crippen LogP contribution in [-0.4, -0.2) is 49.5 Å². The van der Waals surface area contributed by atoms with Gasteiger partial charge in [0.1, 0.15) is 18.2 Å². The van der Waals surface area contributed by atoms with E-state index in [0.717, 1.165) is 43.0 Å². The van der Waals surface area contributed by atoms with Gasteiger partial charge >= 0.3 is 5.97 Å². The maximum absolute atomic E-state index is 13.4. The van der Waals surface area contributed by atoms with Crippen LogP contribution in [0.5, 0.6) is 5.75 Å². The van der Waals surface area contributed by atoms with Crippen molar-refractivity contribution >= 4 is 17.3 Å². The van der Waals surface area contributed by atoms with Crippen LogP contribution in [0, 0.1) is 5.82 Å². The van der Waals surface area contributed by atoms with Crippen LogP contribution in [0.15, 0.2) is 42.5 Å². The van der Waals surface area contributed by atoms with E-state index in [4.69, 9.17) is 9.47 Å². The summed E-state index contributed by atoms with van der Waals surface area (Å²) in [6.45, 7) is 6.65. The third-order valence-electron chi connectivity index (χ3n) is 4.90. The average Bonchev–Trinajstić information content (AvgIpc) is 2.71. The first-order valence-electron chi connectivity index (χ1n) is 10.3. The zero-order chi connectivity index (χ0) is 21.5. The SMILES string of the molecule is CC(C)OC(Cc1ccc(NCCCN2CCOc3cc(F)ccc32)cc1)C(=O)O. The van der Waals surface area contributed by atoms with E-state index < -0.39 is 12.1 Å². The van der Waals surface area contributed by atoms with Gasteiger partial charge < -0.3 is 24.8 Å². The summed E-state index contributed by atoms with van der Waals surface area (Å²) in [6, 6.07) is 12.4. The second kappa shape index (κ2) is 10.3. The van der Waals surface area contributed by atoms with E-state index in [0.29, 0.717) is 18.8 Å². The fourth-order valence-electron chi connectivity index (χ4n) is 3.48. The molecule has 0 bridgehead atoms. The number of ether oxygens (including phenoxy) is 2. The van der Waals surface area contributed by atoms with Crippen molar-refractivity contribution in [1.82, 2.24) is 0 Å². The van der Waals surface area contributed by atoms with Crippen LogP contribution in [0.4, 0.5) is 15.8 Å². The van der Waals surface area contributed by atoms with Crippen molar-refractivity contribution in [3.63, 3.8) is 0 Å². The summed E-state index contributed by atoms with van der Waals surface area (Å²) in [4.78, 5) is 13.5. The zero-order valence-electron chi connectivity index (χ0n) is 17.4. The second-order valence-electron chi connectivity index (χ2n) is 7.64. The molecule has 2 aromatic rings. The minimum atomic E-state index is -0.946. The Morgan fingerprint density at radius 2 is 2.03 bits per heavy atom. The highest BCUT2D eigenvalue weighted by molar-refractivity contribution is 5.72. The van der Waals surface area contributed by atoms with E-state index >= 15 is 0 Å². The number of hydrogen-bond acceptors (Lipinski definition) is 5. The van der Waals surface area contributed by atoms with E-state index in [1.807, 2.05) is 38.1 Å². The van der Waals surface area contributed by atoms with Crippen LogP contribution >= 0.6 is 0 Å². The van der Waals surface area contributed by atoms with E-state index in [2.05, 4.69) is 10.2 Å². The lowest BCUT2D eigenvalue weighted by atomic mass is 10.1. The molecule has 0 saturated carbocycles. The average molecular weight is 416 g/mol. The Kier molecular flexibility index (Phi) is 7.52. The number of carbonyl (C=O) groups is 1. The highest BCUT2D eigenvalue weighted by atomic mass is 19.1. The Morgan fingerprint density at radius 3 is 2.73 bits per heavy atom. The number of carboxylic acid groups (broad SMARTS) is 1. The van der Waals surface area contributed by atoms with Gasteiger partial charge in [-0.15, -0.1) is 0 Å². The number of nitrogens with one attached hydrogen (secondary N) is 1. The maximum atomic E-state index is 13.4. The molecule has 0 spiro atoms. The topological polar surface area (TPSA) is 71.0 Å². The van der Waals surface area contributed by atoms with Crippen molar-refractivity contribution in [1.29, 1.82) is 0 Å². The van der Waals surface area contributed by atoms with Crippen LogP contribution in [0.2, 0.25) is 0 Å². The van der Waals surface area contributed by atoms with Gasteiger partial charge in [0.2, 0.25) is 0 Å². The number of anilines is 2. The second-order valence-corrected chi connectivity index (χ2v) is 7.64. The van der Waals surface area contributed by atoms with Crippen LogP contribution in [-0.2, 0) is 16.0 Å². The minimum absolute atomic E-state index is 0.135. The summed E-state index contributed by atoms with van der Waals surface area (Å²) in [6.07, 6.45) is 0.283. The highest BCUT2D eigenvalue weighted by Crippen LogP contribution is 2.32. The van der Waals surface area contributed by atoms with E-state index in [-0.39, 0.29) is 11.9 Å². The Balaban J connectivity index is 1.45. The van der Waals surface area contributed by atoms with Crippen molar-refractivity contribution in [3.8, 4) is 5.75 Å². The minimum Gasteiger partial charge on any atom is -0.489 e. The molecule has 162 valence electrons. The summed E-state index contributed by atoms with van der Waals surface area (Å²) < 4.78 is 24.4. The van der Waals surface area contributed by atoms with Gasteiger partial charge in [0.05, 0.1) is 18.3 Å². The Labute approximate surface area is 176 Å². The van der Waals surface area contributed by atoms with Crippen LogP contribution in [0.3, 0.4) is 0 Å². The lowest BCUT2D eigenvalue weighted by Gasteiger charge is -2.31. The highest BCUT2D eigenvalue weighted by Gasteiger charge is 2.20. The molecule has 0 radical (unpaired) electrons. The summed E-state index contributed by atoms with van der Waals surface area (Å²) in [5.74, 6) is -0.629. The molecule has 3 rings (SSSR count). The predicted octanol–water partition coefficient (Wildman–Crippen LogP) is 3.95. The number of nitrogens with zero attached hydrogens (tertiary/aromatic N) is 1.